The Kier molecular flexibility index (Phi) is 10.1. The Morgan fingerprint density at radius 1 is 0.857 bits per heavy atom. The predicted molar refractivity (Wildman–Crippen MR) is 162 cm³/mol. The average molecular weight is 583 g/mol. The summed E-state index contributed by atoms with van der Waals surface area (Å²) in [5.41, 5.74) is 1.83. The molecule has 3 N–H and O–H groups in total. The summed E-state index contributed by atoms with van der Waals surface area (Å²) in [6, 6.07) is 28.1. The molecule has 0 radical (unpaired) electrons. The van der Waals surface area contributed by atoms with Crippen LogP contribution in [-0.2, 0) is 9.59 Å². The molecule has 0 unspecified atom stereocenters. The van der Waals surface area contributed by atoms with Gasteiger partial charge in [0.15, 0.2) is 0 Å². The maximum absolute atomic E-state index is 13.4. The molecule has 11 heteroatoms. The van der Waals surface area contributed by atoms with E-state index >= 15 is 0 Å². The summed E-state index contributed by atoms with van der Waals surface area (Å²) < 4.78 is 5.40. The standard InChI is InChI=1S/C31H26N4O6S/c1-41-28-13-6-5-10-22(28)18-27(34-30(37)21-8-3-2-4-9-21)31(38)33-24-11-7-12-26(19-24)42-20-29(36)32-23-14-16-25(17-15-23)35(39)40/h2-19H,20H2,1H3,(H,32,36)(H,33,38)(H,34,37)/b27-18+. The van der Waals surface area contributed by atoms with Gasteiger partial charge in [-0.1, -0.05) is 42.5 Å². The van der Waals surface area contributed by atoms with Crippen LogP contribution in [0.4, 0.5) is 17.1 Å². The molecule has 10 nitrogen and oxygen atoms in total. The summed E-state index contributed by atoms with van der Waals surface area (Å²) in [6.45, 7) is 0. The molecule has 4 aromatic carbocycles. The van der Waals surface area contributed by atoms with Gasteiger partial charge in [0, 0.05) is 39.5 Å². The molecule has 0 aliphatic heterocycles. The molecule has 4 aromatic rings. The second-order valence-electron chi connectivity index (χ2n) is 8.74. The summed E-state index contributed by atoms with van der Waals surface area (Å²) in [5, 5.41) is 19.0. The van der Waals surface area contributed by atoms with E-state index in [4.69, 9.17) is 4.74 Å². The van der Waals surface area contributed by atoms with Crippen molar-refractivity contribution in [1.82, 2.24) is 5.32 Å². The number of para-hydroxylation sites is 1. The van der Waals surface area contributed by atoms with Gasteiger partial charge < -0.3 is 20.7 Å². The Hall–Kier alpha value is -5.42. The number of thioether (sulfide) groups is 1. The zero-order valence-electron chi connectivity index (χ0n) is 22.4. The van der Waals surface area contributed by atoms with Crippen molar-refractivity contribution in [3.8, 4) is 5.75 Å². The van der Waals surface area contributed by atoms with Crippen LogP contribution in [0.15, 0.2) is 114 Å². The number of hydrogen-bond acceptors (Lipinski definition) is 7. The number of rotatable bonds is 11. The lowest BCUT2D eigenvalue weighted by atomic mass is 10.1. The summed E-state index contributed by atoms with van der Waals surface area (Å²) >= 11 is 1.25. The summed E-state index contributed by atoms with van der Waals surface area (Å²) in [6.07, 6.45) is 1.54. The first-order valence-electron chi connectivity index (χ1n) is 12.6. The molecule has 0 heterocycles. The lowest BCUT2D eigenvalue weighted by Crippen LogP contribution is -2.30. The van der Waals surface area contributed by atoms with Crippen LogP contribution in [0.3, 0.4) is 0 Å². The van der Waals surface area contributed by atoms with Crippen LogP contribution in [-0.4, -0.2) is 35.5 Å². The van der Waals surface area contributed by atoms with Gasteiger partial charge in [0.1, 0.15) is 11.4 Å². The molecule has 42 heavy (non-hydrogen) atoms. The second kappa shape index (κ2) is 14.3. The second-order valence-corrected chi connectivity index (χ2v) is 9.79. The molecule has 0 fully saturated rings. The van der Waals surface area contributed by atoms with Crippen molar-refractivity contribution in [3.63, 3.8) is 0 Å². The highest BCUT2D eigenvalue weighted by atomic mass is 32.2. The van der Waals surface area contributed by atoms with Crippen LogP contribution in [0, 0.1) is 10.1 Å². The molecule has 0 aliphatic carbocycles. The first-order valence-corrected chi connectivity index (χ1v) is 13.6. The number of nitrogens with one attached hydrogen (secondary N) is 3. The zero-order valence-corrected chi connectivity index (χ0v) is 23.2. The lowest BCUT2D eigenvalue weighted by Gasteiger charge is -2.13. The number of anilines is 2. The van der Waals surface area contributed by atoms with Crippen molar-refractivity contribution in [2.24, 2.45) is 0 Å². The molecular weight excluding hydrogens is 556 g/mol. The van der Waals surface area contributed by atoms with E-state index in [1.165, 1.54) is 49.2 Å². The van der Waals surface area contributed by atoms with Gasteiger partial charge in [-0.3, -0.25) is 24.5 Å². The lowest BCUT2D eigenvalue weighted by molar-refractivity contribution is -0.384. The van der Waals surface area contributed by atoms with Gasteiger partial charge in [-0.2, -0.15) is 0 Å². The van der Waals surface area contributed by atoms with Gasteiger partial charge in [0.05, 0.1) is 17.8 Å². The number of methoxy groups -OCH3 is 1. The van der Waals surface area contributed by atoms with Crippen molar-refractivity contribution in [1.29, 1.82) is 0 Å². The van der Waals surface area contributed by atoms with E-state index in [9.17, 15) is 24.5 Å². The number of nitro benzene ring substituents is 1. The first kappa shape index (κ1) is 29.6. The molecule has 0 saturated carbocycles. The van der Waals surface area contributed by atoms with Crippen LogP contribution in [0.2, 0.25) is 0 Å². The van der Waals surface area contributed by atoms with E-state index in [2.05, 4.69) is 16.0 Å². The Morgan fingerprint density at radius 2 is 1.57 bits per heavy atom. The molecule has 212 valence electrons. The largest absolute Gasteiger partial charge is 0.496 e. The minimum Gasteiger partial charge on any atom is -0.496 e. The molecule has 4 rings (SSSR count). The smallest absolute Gasteiger partial charge is 0.272 e. The Bertz CT molecular complexity index is 1620. The van der Waals surface area contributed by atoms with Gasteiger partial charge >= 0.3 is 0 Å². The van der Waals surface area contributed by atoms with E-state index < -0.39 is 16.7 Å². The van der Waals surface area contributed by atoms with E-state index in [0.29, 0.717) is 28.3 Å². The number of amides is 3. The van der Waals surface area contributed by atoms with E-state index in [1.807, 2.05) is 0 Å². The summed E-state index contributed by atoms with van der Waals surface area (Å²) in [7, 11) is 1.52. The maximum atomic E-state index is 13.4. The number of hydrogen-bond donors (Lipinski definition) is 3. The molecule has 0 atom stereocenters. The van der Waals surface area contributed by atoms with Gasteiger partial charge in [0.2, 0.25) is 5.91 Å². The fourth-order valence-corrected chi connectivity index (χ4v) is 4.51. The number of nitrogens with zero attached hydrogens (tertiary/aromatic N) is 1. The van der Waals surface area contributed by atoms with Crippen LogP contribution < -0.4 is 20.7 Å². The normalized spacial score (nSPS) is 10.8. The van der Waals surface area contributed by atoms with Crippen molar-refractivity contribution in [2.45, 2.75) is 4.90 Å². The van der Waals surface area contributed by atoms with E-state index in [-0.39, 0.29) is 23.0 Å². The first-order chi connectivity index (χ1) is 20.3. The topological polar surface area (TPSA) is 140 Å². The number of ether oxygens (including phenoxy) is 1. The molecule has 0 bridgehead atoms. The quantitative estimate of drug-likeness (QED) is 0.0886. The maximum Gasteiger partial charge on any atom is 0.272 e. The Balaban J connectivity index is 1.45. The highest BCUT2D eigenvalue weighted by molar-refractivity contribution is 8.00. The van der Waals surface area contributed by atoms with Crippen molar-refractivity contribution in [3.05, 3.63) is 130 Å². The molecule has 0 spiro atoms. The van der Waals surface area contributed by atoms with Gasteiger partial charge in [-0.15, -0.1) is 11.8 Å². The van der Waals surface area contributed by atoms with Gasteiger partial charge in [0.25, 0.3) is 17.5 Å². The fraction of sp³-hybridized carbons (Fsp3) is 0.0645. The predicted octanol–water partition coefficient (Wildman–Crippen LogP) is 5.74. The van der Waals surface area contributed by atoms with Gasteiger partial charge in [-0.25, -0.2) is 0 Å². The summed E-state index contributed by atoms with van der Waals surface area (Å²) in [4.78, 5) is 49.7. The zero-order chi connectivity index (χ0) is 29.9. The monoisotopic (exact) mass is 582 g/mol. The summed E-state index contributed by atoms with van der Waals surface area (Å²) in [5.74, 6) is -0.699. The van der Waals surface area contributed by atoms with Crippen molar-refractivity contribution >= 4 is 52.6 Å². The third kappa shape index (κ3) is 8.29. The third-order valence-corrected chi connectivity index (χ3v) is 6.79. The SMILES string of the molecule is COc1ccccc1/C=C(/NC(=O)c1ccccc1)C(=O)Nc1cccc(SCC(=O)Nc2ccc([N+](=O)[O-])cc2)c1. The number of carbonyl (C=O) groups is 3. The minimum absolute atomic E-state index is 0.00823. The van der Waals surface area contributed by atoms with Gasteiger partial charge in [-0.05, 0) is 54.6 Å². The number of non-ortho nitro benzene ring substituents is 1. The van der Waals surface area contributed by atoms with E-state index in [1.54, 1.807) is 78.9 Å². The number of carbonyl (C=O) groups excluding carboxylic acids is 3. The van der Waals surface area contributed by atoms with Crippen molar-refractivity contribution < 1.29 is 24.0 Å². The fourth-order valence-electron chi connectivity index (χ4n) is 3.76. The van der Waals surface area contributed by atoms with Crippen LogP contribution in [0.1, 0.15) is 15.9 Å². The van der Waals surface area contributed by atoms with E-state index in [0.717, 1.165) is 4.90 Å². The molecule has 0 saturated heterocycles. The highest BCUT2D eigenvalue weighted by Crippen LogP contribution is 2.24. The minimum atomic E-state index is -0.553. The van der Waals surface area contributed by atoms with Crippen LogP contribution in [0.25, 0.3) is 6.08 Å². The average Bonchev–Trinajstić information content (AvgIpc) is 3.00. The molecular formula is C31H26N4O6S. The Morgan fingerprint density at radius 3 is 2.29 bits per heavy atom. The Labute approximate surface area is 245 Å². The molecule has 0 aromatic heterocycles. The molecule has 0 aliphatic rings. The van der Waals surface area contributed by atoms with Crippen molar-refractivity contribution in [2.75, 3.05) is 23.5 Å². The third-order valence-electron chi connectivity index (χ3n) is 5.79. The van der Waals surface area contributed by atoms with Crippen LogP contribution >= 0.6 is 11.8 Å². The van der Waals surface area contributed by atoms with Crippen LogP contribution in [0.5, 0.6) is 5.75 Å². The number of nitro groups is 1. The number of benzene rings is 4. The highest BCUT2D eigenvalue weighted by Gasteiger charge is 2.16. The molecule has 3 amide bonds.